The Morgan fingerprint density at radius 1 is 0.885 bits per heavy atom. The Balaban J connectivity index is 1.59. The van der Waals surface area contributed by atoms with Crippen molar-refractivity contribution >= 4 is 33.6 Å². The zero-order valence-electron chi connectivity index (χ0n) is 13.5. The first kappa shape index (κ1) is 14.4. The molecule has 6 N–H and O–H groups in total. The molecule has 0 fully saturated rings. The lowest BCUT2D eigenvalue weighted by Crippen LogP contribution is -2.01. The molecule has 0 bridgehead atoms. The highest BCUT2D eigenvalue weighted by molar-refractivity contribution is 6.03. The number of nitrogens with zero attached hydrogens (tertiary/aromatic N) is 3. The van der Waals surface area contributed by atoms with Gasteiger partial charge in [-0.25, -0.2) is 0 Å². The first-order chi connectivity index (χ1) is 12.7. The third-order valence-electron chi connectivity index (χ3n) is 4.31. The van der Waals surface area contributed by atoms with Crippen molar-refractivity contribution in [3.63, 3.8) is 0 Å². The number of fused-ring (bicyclic) bond motifs is 2. The molecule has 0 aliphatic heterocycles. The van der Waals surface area contributed by atoms with Crippen LogP contribution in [-0.2, 0) is 0 Å². The Morgan fingerprint density at radius 2 is 1.62 bits per heavy atom. The molecule has 0 amide bonds. The average molecular weight is 344 g/mol. The van der Waals surface area contributed by atoms with Crippen molar-refractivity contribution in [3.05, 3.63) is 48.5 Å². The molecule has 126 valence electrons. The number of para-hydroxylation sites is 2. The standard InChI is InChI=1S/C18H13N7O/c19-16-13-14(22-23-15(13)17(20)25-24-16)9-5-7-10(8-6-9)18-21-11-3-1-2-4-12(11)26-18/h1-8H,(H2,19,24)(H2,20,25)(H,22,23)/p+1. The van der Waals surface area contributed by atoms with Crippen LogP contribution in [-0.4, -0.2) is 20.4 Å². The van der Waals surface area contributed by atoms with E-state index in [-0.39, 0.29) is 11.6 Å². The monoisotopic (exact) mass is 344 g/mol. The first-order valence-electron chi connectivity index (χ1n) is 7.98. The largest absolute Gasteiger partial charge is 0.398 e. The average Bonchev–Trinajstić information content (AvgIpc) is 3.30. The molecule has 0 spiro atoms. The second-order valence-electron chi connectivity index (χ2n) is 5.92. The molecule has 26 heavy (non-hydrogen) atoms. The molecule has 3 aromatic heterocycles. The number of hydrogen-bond donors (Lipinski definition) is 3. The number of oxazole rings is 1. The van der Waals surface area contributed by atoms with Crippen LogP contribution in [0.1, 0.15) is 0 Å². The van der Waals surface area contributed by atoms with E-state index in [4.69, 9.17) is 15.9 Å². The quantitative estimate of drug-likeness (QED) is 0.450. The van der Waals surface area contributed by atoms with E-state index in [0.29, 0.717) is 16.8 Å². The predicted octanol–water partition coefficient (Wildman–Crippen LogP) is 2.41. The highest BCUT2D eigenvalue weighted by Gasteiger charge is 2.17. The van der Waals surface area contributed by atoms with Gasteiger partial charge in [-0.3, -0.25) is 5.10 Å². The Bertz CT molecular complexity index is 1220. The lowest BCUT2D eigenvalue weighted by Gasteiger charge is -2.01. The summed E-state index contributed by atoms with van der Waals surface area (Å²) in [6, 6.07) is 15.6. The van der Waals surface area contributed by atoms with Gasteiger partial charge < -0.3 is 15.9 Å². The molecule has 0 radical (unpaired) electrons. The SMILES string of the molecule is Nc1nnc(N)c2c(-c3ccc(-c4[nH+]c5ccccc5o4)cc3)[nH]nc12. The fraction of sp³-hybridized carbons (Fsp3) is 0. The molecule has 8 heteroatoms. The zero-order chi connectivity index (χ0) is 17.7. The fourth-order valence-electron chi connectivity index (χ4n) is 3.03. The van der Waals surface area contributed by atoms with Gasteiger partial charge in [0.05, 0.1) is 16.6 Å². The number of rotatable bonds is 2. The summed E-state index contributed by atoms with van der Waals surface area (Å²) in [7, 11) is 0. The summed E-state index contributed by atoms with van der Waals surface area (Å²) in [5.74, 6) is 1.22. The molecule has 5 aromatic rings. The van der Waals surface area contributed by atoms with Crippen LogP contribution >= 0.6 is 0 Å². The molecule has 0 saturated heterocycles. The van der Waals surface area contributed by atoms with E-state index in [0.717, 1.165) is 27.9 Å². The summed E-state index contributed by atoms with van der Waals surface area (Å²) in [5.41, 5.74) is 16.7. The highest BCUT2D eigenvalue weighted by atomic mass is 16.3. The number of nitrogens with one attached hydrogen (secondary N) is 2. The van der Waals surface area contributed by atoms with Crippen molar-refractivity contribution in [1.29, 1.82) is 0 Å². The molecular weight excluding hydrogens is 330 g/mol. The van der Waals surface area contributed by atoms with Crippen LogP contribution in [0.5, 0.6) is 0 Å². The minimum atomic E-state index is 0.241. The van der Waals surface area contributed by atoms with Crippen LogP contribution in [0.2, 0.25) is 0 Å². The number of aromatic amines is 2. The fourth-order valence-corrected chi connectivity index (χ4v) is 3.03. The van der Waals surface area contributed by atoms with Crippen molar-refractivity contribution in [2.75, 3.05) is 11.5 Å². The minimum absolute atomic E-state index is 0.241. The van der Waals surface area contributed by atoms with Crippen molar-refractivity contribution in [3.8, 4) is 22.7 Å². The number of anilines is 2. The number of H-pyrrole nitrogens is 2. The second kappa shape index (κ2) is 5.28. The molecule has 8 nitrogen and oxygen atoms in total. The maximum absolute atomic E-state index is 5.96. The van der Waals surface area contributed by atoms with Crippen molar-refractivity contribution in [2.45, 2.75) is 0 Å². The molecule has 2 aromatic carbocycles. The van der Waals surface area contributed by atoms with Gasteiger partial charge in [-0.15, -0.1) is 10.2 Å². The number of nitrogens with two attached hydrogens (primary N) is 2. The van der Waals surface area contributed by atoms with E-state index in [9.17, 15) is 0 Å². The van der Waals surface area contributed by atoms with Gasteiger partial charge in [0.25, 0.3) is 0 Å². The lowest BCUT2D eigenvalue weighted by molar-refractivity contribution is -0.338. The second-order valence-corrected chi connectivity index (χ2v) is 5.92. The molecule has 0 unspecified atom stereocenters. The topological polar surface area (TPSA) is 134 Å². The van der Waals surface area contributed by atoms with Crippen LogP contribution in [0.15, 0.2) is 52.9 Å². The van der Waals surface area contributed by atoms with Gasteiger partial charge in [-0.1, -0.05) is 24.3 Å². The van der Waals surface area contributed by atoms with Crippen molar-refractivity contribution < 1.29 is 9.40 Å². The molecule has 5 rings (SSSR count). The third-order valence-corrected chi connectivity index (χ3v) is 4.31. The Morgan fingerprint density at radius 3 is 2.42 bits per heavy atom. The Kier molecular flexibility index (Phi) is 2.93. The van der Waals surface area contributed by atoms with Crippen molar-refractivity contribution in [1.82, 2.24) is 20.4 Å². The molecule has 0 aliphatic rings. The molecule has 0 aliphatic carbocycles. The Hall–Kier alpha value is -3.94. The number of nitrogen functional groups attached to an aromatic ring is 2. The van der Waals surface area contributed by atoms with Gasteiger partial charge in [0.1, 0.15) is 5.52 Å². The summed E-state index contributed by atoms with van der Waals surface area (Å²) in [4.78, 5) is 3.27. The van der Waals surface area contributed by atoms with Gasteiger partial charge >= 0.3 is 5.89 Å². The van der Waals surface area contributed by atoms with Crippen LogP contribution in [0, 0.1) is 0 Å². The van der Waals surface area contributed by atoms with Crippen LogP contribution in [0.25, 0.3) is 44.7 Å². The smallest absolute Gasteiger partial charge is 0.379 e. The molecule has 0 atom stereocenters. The van der Waals surface area contributed by atoms with Crippen LogP contribution in [0.4, 0.5) is 11.6 Å². The number of hydrogen-bond acceptors (Lipinski definition) is 6. The van der Waals surface area contributed by atoms with Crippen LogP contribution in [0.3, 0.4) is 0 Å². The minimum Gasteiger partial charge on any atom is -0.398 e. The summed E-state index contributed by atoms with van der Waals surface area (Å²) in [6.45, 7) is 0. The number of aromatic nitrogens is 5. The summed E-state index contributed by atoms with van der Waals surface area (Å²) < 4.78 is 5.86. The summed E-state index contributed by atoms with van der Waals surface area (Å²) in [5, 5.41) is 15.5. The maximum Gasteiger partial charge on any atom is 0.379 e. The van der Waals surface area contributed by atoms with Crippen molar-refractivity contribution in [2.24, 2.45) is 0 Å². The normalized spacial score (nSPS) is 11.4. The van der Waals surface area contributed by atoms with Crippen LogP contribution < -0.4 is 16.5 Å². The first-order valence-corrected chi connectivity index (χ1v) is 7.98. The van der Waals surface area contributed by atoms with E-state index >= 15 is 0 Å². The third kappa shape index (κ3) is 2.09. The lowest BCUT2D eigenvalue weighted by atomic mass is 10.1. The van der Waals surface area contributed by atoms with E-state index in [1.165, 1.54) is 0 Å². The maximum atomic E-state index is 5.96. The zero-order valence-corrected chi connectivity index (χ0v) is 13.5. The Labute approximate surface area is 146 Å². The van der Waals surface area contributed by atoms with Gasteiger partial charge in [0.15, 0.2) is 11.6 Å². The van der Waals surface area contributed by atoms with E-state index < -0.39 is 0 Å². The summed E-state index contributed by atoms with van der Waals surface area (Å²) >= 11 is 0. The van der Waals surface area contributed by atoms with E-state index in [2.05, 4.69) is 25.4 Å². The highest BCUT2D eigenvalue weighted by Crippen LogP contribution is 2.32. The van der Waals surface area contributed by atoms with Gasteiger partial charge in [-0.2, -0.15) is 10.1 Å². The van der Waals surface area contributed by atoms with E-state index in [1.807, 2.05) is 48.5 Å². The van der Waals surface area contributed by atoms with E-state index in [1.54, 1.807) is 0 Å². The molecule has 0 saturated carbocycles. The molecule has 3 heterocycles. The van der Waals surface area contributed by atoms with Gasteiger partial charge in [0, 0.05) is 11.6 Å². The van der Waals surface area contributed by atoms with Gasteiger partial charge in [0.2, 0.25) is 11.1 Å². The summed E-state index contributed by atoms with van der Waals surface area (Å²) in [6.07, 6.45) is 0. The number of benzene rings is 2. The van der Waals surface area contributed by atoms with Gasteiger partial charge in [-0.05, 0) is 18.2 Å². The molecular formula is C18H14N7O+. The predicted molar refractivity (Wildman–Crippen MR) is 97.7 cm³/mol.